The van der Waals surface area contributed by atoms with Crippen LogP contribution in [0.4, 0.5) is 10.1 Å². The van der Waals surface area contributed by atoms with Crippen LogP contribution < -0.4 is 9.73 Å². The molecule has 0 aliphatic heterocycles. The van der Waals surface area contributed by atoms with E-state index in [0.717, 1.165) is 12.5 Å². The fourth-order valence-electron chi connectivity index (χ4n) is 2.78. The van der Waals surface area contributed by atoms with E-state index < -0.39 is 21.7 Å². The van der Waals surface area contributed by atoms with Crippen LogP contribution in [-0.2, 0) is 16.6 Å². The normalized spacial score (nSPS) is 11.5. The van der Waals surface area contributed by atoms with Crippen LogP contribution in [-0.4, -0.2) is 26.8 Å². The molecule has 0 heterocycles. The number of nitrogens with one attached hydrogen (secondary N) is 1. The largest absolute Gasteiger partial charge is 0.271 e. The first kappa shape index (κ1) is 22.5. The molecule has 31 heavy (non-hydrogen) atoms. The number of hydrazone groups is 1. The predicted octanol–water partition coefficient (Wildman–Crippen LogP) is 4.21. The minimum absolute atomic E-state index is 0.0709. The summed E-state index contributed by atoms with van der Waals surface area (Å²) in [6.45, 7) is 0.120. The summed E-state index contributed by atoms with van der Waals surface area (Å²) in [6, 6.07) is 19.4. The van der Waals surface area contributed by atoms with Crippen molar-refractivity contribution < 1.29 is 17.6 Å². The van der Waals surface area contributed by atoms with Gasteiger partial charge in [0.25, 0.3) is 5.91 Å². The predicted molar refractivity (Wildman–Crippen MR) is 120 cm³/mol. The molecule has 0 fully saturated rings. The van der Waals surface area contributed by atoms with E-state index in [1.807, 2.05) is 0 Å². The Bertz CT molecular complexity index is 1180. The van der Waals surface area contributed by atoms with Gasteiger partial charge in [0.2, 0.25) is 10.0 Å². The van der Waals surface area contributed by atoms with Crippen molar-refractivity contribution in [1.82, 2.24) is 5.43 Å². The zero-order valence-corrected chi connectivity index (χ0v) is 18.1. The van der Waals surface area contributed by atoms with Crippen LogP contribution in [0.25, 0.3) is 0 Å². The van der Waals surface area contributed by atoms with E-state index in [-0.39, 0.29) is 17.1 Å². The number of sulfonamides is 1. The van der Waals surface area contributed by atoms with Crippen LogP contribution >= 0.6 is 11.6 Å². The van der Waals surface area contributed by atoms with Crippen molar-refractivity contribution in [2.45, 2.75) is 6.54 Å². The van der Waals surface area contributed by atoms with Gasteiger partial charge in [0.05, 0.1) is 29.7 Å². The summed E-state index contributed by atoms with van der Waals surface area (Å²) >= 11 is 5.91. The maximum atomic E-state index is 13.7. The molecule has 1 amide bonds. The standard InChI is InChI=1S/C22H19ClFN3O3S/c1-31(29,30)27(18-6-3-2-4-7-18)15-16-10-12-17(13-11-16)22(28)26-25-14-19-20(23)8-5-9-21(19)24/h2-14H,15H2,1H3,(H,26,28)/b25-14-. The molecule has 0 aromatic heterocycles. The molecule has 160 valence electrons. The van der Waals surface area contributed by atoms with Crippen molar-refractivity contribution in [2.24, 2.45) is 5.10 Å². The van der Waals surface area contributed by atoms with Crippen LogP contribution in [0.5, 0.6) is 0 Å². The number of anilines is 1. The third-order valence-corrected chi connectivity index (χ3v) is 5.82. The van der Waals surface area contributed by atoms with E-state index in [4.69, 9.17) is 11.6 Å². The molecule has 0 atom stereocenters. The van der Waals surface area contributed by atoms with Gasteiger partial charge in [-0.15, -0.1) is 0 Å². The lowest BCUT2D eigenvalue weighted by molar-refractivity contribution is 0.0955. The quantitative estimate of drug-likeness (QED) is 0.424. The summed E-state index contributed by atoms with van der Waals surface area (Å²) in [4.78, 5) is 12.3. The van der Waals surface area contributed by atoms with E-state index in [1.165, 1.54) is 22.5 Å². The molecular weight excluding hydrogens is 441 g/mol. The molecule has 3 aromatic rings. The van der Waals surface area contributed by atoms with Gasteiger partial charge < -0.3 is 0 Å². The second-order valence-electron chi connectivity index (χ2n) is 6.64. The molecule has 0 aliphatic carbocycles. The Morgan fingerprint density at radius 3 is 2.35 bits per heavy atom. The van der Waals surface area contributed by atoms with Crippen molar-refractivity contribution in [1.29, 1.82) is 0 Å². The first-order chi connectivity index (χ1) is 14.8. The topological polar surface area (TPSA) is 78.8 Å². The van der Waals surface area contributed by atoms with Gasteiger partial charge in [-0.25, -0.2) is 18.2 Å². The Kier molecular flexibility index (Phi) is 7.04. The Morgan fingerprint density at radius 1 is 1.06 bits per heavy atom. The van der Waals surface area contributed by atoms with Gasteiger partial charge in [0.1, 0.15) is 5.82 Å². The van der Waals surface area contributed by atoms with Gasteiger partial charge >= 0.3 is 0 Å². The molecule has 0 unspecified atom stereocenters. The zero-order chi connectivity index (χ0) is 22.4. The van der Waals surface area contributed by atoms with Crippen molar-refractivity contribution >= 4 is 39.4 Å². The van der Waals surface area contributed by atoms with Gasteiger partial charge in [-0.2, -0.15) is 5.10 Å². The van der Waals surface area contributed by atoms with E-state index in [2.05, 4.69) is 10.5 Å². The second-order valence-corrected chi connectivity index (χ2v) is 8.95. The Hall–Kier alpha value is -3.23. The van der Waals surface area contributed by atoms with Gasteiger partial charge in [0, 0.05) is 11.1 Å². The van der Waals surface area contributed by atoms with Crippen molar-refractivity contribution in [3.05, 3.63) is 100 Å². The van der Waals surface area contributed by atoms with Gasteiger partial charge in [0.15, 0.2) is 0 Å². The SMILES string of the molecule is CS(=O)(=O)N(Cc1ccc(C(=O)N/N=C\c2c(F)cccc2Cl)cc1)c1ccccc1. The number of benzene rings is 3. The number of hydrogen-bond acceptors (Lipinski definition) is 4. The van der Waals surface area contributed by atoms with Crippen LogP contribution in [0.1, 0.15) is 21.5 Å². The molecule has 0 spiro atoms. The molecule has 0 bridgehead atoms. The Labute approximate surface area is 185 Å². The van der Waals surface area contributed by atoms with Crippen molar-refractivity contribution in [2.75, 3.05) is 10.6 Å². The highest BCUT2D eigenvalue weighted by Crippen LogP contribution is 2.20. The summed E-state index contributed by atoms with van der Waals surface area (Å²) in [5, 5.41) is 3.92. The molecule has 0 aliphatic rings. The molecule has 0 saturated heterocycles. The summed E-state index contributed by atoms with van der Waals surface area (Å²) in [6.07, 6.45) is 2.27. The second kappa shape index (κ2) is 9.72. The van der Waals surface area contributed by atoms with Gasteiger partial charge in [-0.1, -0.05) is 48.0 Å². The van der Waals surface area contributed by atoms with Gasteiger partial charge in [-0.05, 0) is 42.0 Å². The number of carbonyl (C=O) groups is 1. The number of halogens is 2. The lowest BCUT2D eigenvalue weighted by Crippen LogP contribution is -2.29. The molecule has 3 aromatic carbocycles. The minimum atomic E-state index is -3.49. The summed E-state index contributed by atoms with van der Waals surface area (Å²) in [7, 11) is -3.49. The summed E-state index contributed by atoms with van der Waals surface area (Å²) in [5.74, 6) is -1.05. The maximum Gasteiger partial charge on any atom is 0.271 e. The lowest BCUT2D eigenvalue weighted by Gasteiger charge is -2.22. The molecule has 1 N–H and O–H groups in total. The first-order valence-corrected chi connectivity index (χ1v) is 11.4. The number of carbonyl (C=O) groups excluding carboxylic acids is 1. The average molecular weight is 460 g/mol. The highest BCUT2D eigenvalue weighted by Gasteiger charge is 2.17. The monoisotopic (exact) mass is 459 g/mol. The Balaban J connectivity index is 1.69. The van der Waals surface area contributed by atoms with Crippen LogP contribution in [0.2, 0.25) is 5.02 Å². The molecular formula is C22H19ClFN3O3S. The van der Waals surface area contributed by atoms with Crippen molar-refractivity contribution in [3.63, 3.8) is 0 Å². The van der Waals surface area contributed by atoms with Crippen LogP contribution in [0, 0.1) is 5.82 Å². The van der Waals surface area contributed by atoms with Crippen LogP contribution in [0.15, 0.2) is 77.9 Å². The first-order valence-electron chi connectivity index (χ1n) is 9.15. The molecule has 9 heteroatoms. The summed E-state index contributed by atoms with van der Waals surface area (Å²) < 4.78 is 39.4. The number of hydrogen-bond donors (Lipinski definition) is 1. The number of para-hydroxylation sites is 1. The molecule has 6 nitrogen and oxygen atoms in total. The number of rotatable bonds is 7. The smallest absolute Gasteiger partial charge is 0.267 e. The van der Waals surface area contributed by atoms with Crippen molar-refractivity contribution in [3.8, 4) is 0 Å². The van der Waals surface area contributed by atoms with E-state index >= 15 is 0 Å². The summed E-state index contributed by atoms with van der Waals surface area (Å²) in [5.41, 5.74) is 3.94. The fraction of sp³-hybridized carbons (Fsp3) is 0.0909. The average Bonchev–Trinajstić information content (AvgIpc) is 2.74. The highest BCUT2D eigenvalue weighted by molar-refractivity contribution is 7.92. The maximum absolute atomic E-state index is 13.7. The lowest BCUT2D eigenvalue weighted by atomic mass is 10.1. The fourth-order valence-corrected chi connectivity index (χ4v) is 3.88. The van der Waals surface area contributed by atoms with Gasteiger partial charge in [-0.3, -0.25) is 9.10 Å². The molecule has 0 saturated carbocycles. The molecule has 3 rings (SSSR count). The molecule has 0 radical (unpaired) electrons. The van der Waals surface area contributed by atoms with E-state index in [0.29, 0.717) is 16.8 Å². The highest BCUT2D eigenvalue weighted by atomic mass is 35.5. The number of amides is 1. The van der Waals surface area contributed by atoms with E-state index in [9.17, 15) is 17.6 Å². The number of nitrogens with zero attached hydrogens (tertiary/aromatic N) is 2. The minimum Gasteiger partial charge on any atom is -0.267 e. The van der Waals surface area contributed by atoms with Crippen LogP contribution in [0.3, 0.4) is 0 Å². The zero-order valence-electron chi connectivity index (χ0n) is 16.5. The third kappa shape index (κ3) is 5.90. The third-order valence-electron chi connectivity index (χ3n) is 4.35. The van der Waals surface area contributed by atoms with E-state index in [1.54, 1.807) is 54.6 Å². The Morgan fingerprint density at radius 2 is 1.74 bits per heavy atom.